The van der Waals surface area contributed by atoms with Crippen LogP contribution in [-0.2, 0) is 16.0 Å². The SMILES string of the molecule is CCOC(=O)N[C@H](Cc1ccccc1)C(=O)N/N=C\c1cccs1. The number of benzene rings is 1. The molecule has 0 radical (unpaired) electrons. The number of hydrogen-bond donors (Lipinski definition) is 2. The summed E-state index contributed by atoms with van der Waals surface area (Å²) in [5, 5.41) is 8.41. The Morgan fingerprint density at radius 2 is 2.04 bits per heavy atom. The molecule has 0 aliphatic rings. The third-order valence-corrected chi connectivity index (χ3v) is 3.88. The minimum Gasteiger partial charge on any atom is -0.450 e. The van der Waals surface area contributed by atoms with Crippen LogP contribution in [0.2, 0.25) is 0 Å². The number of nitrogens with zero attached hydrogens (tertiary/aromatic N) is 1. The summed E-state index contributed by atoms with van der Waals surface area (Å²) in [4.78, 5) is 24.9. The van der Waals surface area contributed by atoms with Crippen LogP contribution >= 0.6 is 11.3 Å². The van der Waals surface area contributed by atoms with Gasteiger partial charge >= 0.3 is 6.09 Å². The summed E-state index contributed by atoms with van der Waals surface area (Å²) >= 11 is 1.51. The van der Waals surface area contributed by atoms with Crippen molar-refractivity contribution in [2.24, 2.45) is 5.10 Å². The molecule has 2 amide bonds. The van der Waals surface area contributed by atoms with Crippen molar-refractivity contribution in [2.45, 2.75) is 19.4 Å². The zero-order valence-corrected chi connectivity index (χ0v) is 14.1. The van der Waals surface area contributed by atoms with Crippen molar-refractivity contribution in [3.05, 3.63) is 58.3 Å². The predicted molar refractivity (Wildman–Crippen MR) is 94.1 cm³/mol. The Bertz CT molecular complexity index is 672. The van der Waals surface area contributed by atoms with Gasteiger partial charge in [-0.05, 0) is 23.9 Å². The van der Waals surface area contributed by atoms with Gasteiger partial charge in [0.2, 0.25) is 0 Å². The van der Waals surface area contributed by atoms with E-state index in [1.165, 1.54) is 11.3 Å². The maximum Gasteiger partial charge on any atom is 0.407 e. The van der Waals surface area contributed by atoms with E-state index in [-0.39, 0.29) is 6.61 Å². The third-order valence-electron chi connectivity index (χ3n) is 3.08. The zero-order chi connectivity index (χ0) is 17.2. The van der Waals surface area contributed by atoms with Crippen LogP contribution in [0.15, 0.2) is 52.9 Å². The van der Waals surface area contributed by atoms with Crippen LogP contribution in [0.1, 0.15) is 17.4 Å². The smallest absolute Gasteiger partial charge is 0.407 e. The van der Waals surface area contributed by atoms with Crippen LogP contribution in [0.25, 0.3) is 0 Å². The van der Waals surface area contributed by atoms with E-state index >= 15 is 0 Å². The molecule has 0 saturated carbocycles. The van der Waals surface area contributed by atoms with Crippen LogP contribution in [-0.4, -0.2) is 30.9 Å². The van der Waals surface area contributed by atoms with E-state index < -0.39 is 18.0 Å². The fourth-order valence-corrected chi connectivity index (χ4v) is 2.56. The number of thiophene rings is 1. The number of nitrogens with one attached hydrogen (secondary N) is 2. The number of alkyl carbamates (subject to hydrolysis) is 1. The van der Waals surface area contributed by atoms with E-state index in [0.717, 1.165) is 10.4 Å². The molecule has 1 heterocycles. The summed E-state index contributed by atoms with van der Waals surface area (Å²) in [6, 6.07) is 12.4. The number of hydrazone groups is 1. The minimum absolute atomic E-state index is 0.238. The number of amides is 2. The number of carbonyl (C=O) groups is 2. The Morgan fingerprint density at radius 1 is 1.25 bits per heavy atom. The van der Waals surface area contributed by atoms with Crippen molar-refractivity contribution in [2.75, 3.05) is 6.61 Å². The van der Waals surface area contributed by atoms with Gasteiger partial charge in [0.15, 0.2) is 0 Å². The summed E-state index contributed by atoms with van der Waals surface area (Å²) in [6.07, 6.45) is 1.28. The molecule has 126 valence electrons. The van der Waals surface area contributed by atoms with Gasteiger partial charge < -0.3 is 10.1 Å². The lowest BCUT2D eigenvalue weighted by molar-refractivity contribution is -0.123. The molecule has 0 saturated heterocycles. The molecule has 24 heavy (non-hydrogen) atoms. The van der Waals surface area contributed by atoms with Gasteiger partial charge in [0, 0.05) is 11.3 Å². The van der Waals surface area contributed by atoms with Crippen molar-refractivity contribution in [1.29, 1.82) is 0 Å². The molecule has 0 spiro atoms. The van der Waals surface area contributed by atoms with E-state index in [4.69, 9.17) is 4.74 Å². The first-order chi connectivity index (χ1) is 11.7. The van der Waals surface area contributed by atoms with Crippen molar-refractivity contribution < 1.29 is 14.3 Å². The second-order valence-corrected chi connectivity index (χ2v) is 5.84. The molecular formula is C17H19N3O3S. The van der Waals surface area contributed by atoms with Gasteiger partial charge in [-0.15, -0.1) is 11.3 Å². The lowest BCUT2D eigenvalue weighted by Crippen LogP contribution is -2.47. The lowest BCUT2D eigenvalue weighted by atomic mass is 10.1. The highest BCUT2D eigenvalue weighted by Gasteiger charge is 2.21. The van der Waals surface area contributed by atoms with Gasteiger partial charge in [-0.25, -0.2) is 10.2 Å². The molecule has 0 fully saturated rings. The van der Waals surface area contributed by atoms with E-state index in [2.05, 4.69) is 15.8 Å². The molecule has 6 nitrogen and oxygen atoms in total. The average Bonchev–Trinajstić information content (AvgIpc) is 3.09. The number of carbonyl (C=O) groups excluding carboxylic acids is 2. The standard InChI is InChI=1S/C17H19N3O3S/c1-2-23-17(22)19-15(11-13-7-4-3-5-8-13)16(21)20-18-12-14-9-6-10-24-14/h3-10,12,15H,2,11H2,1H3,(H,19,22)(H,20,21)/b18-12-/t15-/m1/s1. The lowest BCUT2D eigenvalue weighted by Gasteiger charge is -2.16. The first-order valence-electron chi connectivity index (χ1n) is 7.52. The monoisotopic (exact) mass is 345 g/mol. The molecule has 7 heteroatoms. The molecule has 0 bridgehead atoms. The molecule has 1 aromatic carbocycles. The molecule has 1 atom stereocenters. The van der Waals surface area contributed by atoms with Crippen molar-refractivity contribution >= 4 is 29.6 Å². The Morgan fingerprint density at radius 3 is 2.71 bits per heavy atom. The summed E-state index contributed by atoms with van der Waals surface area (Å²) in [5.41, 5.74) is 3.38. The predicted octanol–water partition coefficient (Wildman–Crippen LogP) is 2.56. The molecule has 0 unspecified atom stereocenters. The Kier molecular flexibility index (Phi) is 6.97. The molecule has 1 aromatic heterocycles. The summed E-state index contributed by atoms with van der Waals surface area (Å²) in [6.45, 7) is 1.94. The van der Waals surface area contributed by atoms with Crippen LogP contribution in [0.4, 0.5) is 4.79 Å². The van der Waals surface area contributed by atoms with Crippen molar-refractivity contribution in [3.8, 4) is 0 Å². The van der Waals surface area contributed by atoms with E-state index in [0.29, 0.717) is 6.42 Å². The van der Waals surface area contributed by atoms with Crippen molar-refractivity contribution in [1.82, 2.24) is 10.7 Å². The second kappa shape index (κ2) is 9.46. The molecule has 0 aliphatic heterocycles. The van der Waals surface area contributed by atoms with Gasteiger partial charge in [-0.2, -0.15) is 5.10 Å². The highest BCUT2D eigenvalue weighted by molar-refractivity contribution is 7.11. The normalized spacial score (nSPS) is 11.9. The fraction of sp³-hybridized carbons (Fsp3) is 0.235. The van der Waals surface area contributed by atoms with Gasteiger partial charge in [0.1, 0.15) is 6.04 Å². The Hall–Kier alpha value is -2.67. The molecule has 2 N–H and O–H groups in total. The molecule has 2 aromatic rings. The molecular weight excluding hydrogens is 326 g/mol. The number of ether oxygens (including phenoxy) is 1. The average molecular weight is 345 g/mol. The third kappa shape index (κ3) is 5.85. The van der Waals surface area contributed by atoms with E-state index in [1.807, 2.05) is 47.8 Å². The largest absolute Gasteiger partial charge is 0.450 e. The van der Waals surface area contributed by atoms with Gasteiger partial charge in [-0.1, -0.05) is 36.4 Å². The van der Waals surface area contributed by atoms with Gasteiger partial charge in [0.25, 0.3) is 5.91 Å². The van der Waals surface area contributed by atoms with E-state index in [9.17, 15) is 9.59 Å². The van der Waals surface area contributed by atoms with Crippen LogP contribution in [0, 0.1) is 0 Å². The maximum absolute atomic E-state index is 12.3. The van der Waals surface area contributed by atoms with Gasteiger partial charge in [0.05, 0.1) is 12.8 Å². The Balaban J connectivity index is 2.00. The highest BCUT2D eigenvalue weighted by Crippen LogP contribution is 2.05. The number of rotatable bonds is 7. The summed E-state index contributed by atoms with van der Waals surface area (Å²) in [7, 11) is 0. The zero-order valence-electron chi connectivity index (χ0n) is 13.3. The van der Waals surface area contributed by atoms with E-state index in [1.54, 1.807) is 13.1 Å². The van der Waals surface area contributed by atoms with Crippen molar-refractivity contribution in [3.63, 3.8) is 0 Å². The second-order valence-electron chi connectivity index (χ2n) is 4.86. The summed E-state index contributed by atoms with van der Waals surface area (Å²) in [5.74, 6) is -0.403. The minimum atomic E-state index is -0.771. The fourth-order valence-electron chi connectivity index (χ4n) is 1.98. The van der Waals surface area contributed by atoms with Gasteiger partial charge in [-0.3, -0.25) is 4.79 Å². The first kappa shape index (κ1) is 17.7. The van der Waals surface area contributed by atoms with Crippen LogP contribution in [0.3, 0.4) is 0 Å². The quantitative estimate of drug-likeness (QED) is 0.598. The highest BCUT2D eigenvalue weighted by atomic mass is 32.1. The first-order valence-corrected chi connectivity index (χ1v) is 8.40. The molecule has 2 rings (SSSR count). The van der Waals surface area contributed by atoms with Crippen LogP contribution in [0.5, 0.6) is 0 Å². The van der Waals surface area contributed by atoms with Crippen LogP contribution < -0.4 is 10.7 Å². The number of hydrogen-bond acceptors (Lipinski definition) is 5. The Labute approximate surface area is 144 Å². The topological polar surface area (TPSA) is 79.8 Å². The summed E-state index contributed by atoms with van der Waals surface area (Å²) < 4.78 is 4.86. The molecule has 0 aliphatic carbocycles. The maximum atomic E-state index is 12.3.